The van der Waals surface area contributed by atoms with Gasteiger partial charge in [-0.25, -0.2) is 0 Å². The minimum absolute atomic E-state index is 0.508. The number of rotatable bonds is 9. The SMILES string of the molecule is CCCCCCC(NCCC)c1ccc2c(c1)CCCO2. The van der Waals surface area contributed by atoms with E-state index in [2.05, 4.69) is 37.4 Å². The van der Waals surface area contributed by atoms with Crippen molar-refractivity contribution in [2.75, 3.05) is 13.2 Å². The van der Waals surface area contributed by atoms with E-state index in [1.54, 1.807) is 0 Å². The molecule has 118 valence electrons. The Bertz CT molecular complexity index is 416. The summed E-state index contributed by atoms with van der Waals surface area (Å²) in [6, 6.07) is 7.32. The lowest BCUT2D eigenvalue weighted by atomic mass is 9.95. The topological polar surface area (TPSA) is 21.3 Å². The number of benzene rings is 1. The highest BCUT2D eigenvalue weighted by Crippen LogP contribution is 2.29. The Morgan fingerprint density at radius 3 is 2.86 bits per heavy atom. The van der Waals surface area contributed by atoms with Crippen molar-refractivity contribution in [3.63, 3.8) is 0 Å². The van der Waals surface area contributed by atoms with Gasteiger partial charge in [0.2, 0.25) is 0 Å². The summed E-state index contributed by atoms with van der Waals surface area (Å²) >= 11 is 0. The minimum atomic E-state index is 0.508. The number of hydrogen-bond donors (Lipinski definition) is 1. The van der Waals surface area contributed by atoms with Gasteiger partial charge in [0.1, 0.15) is 5.75 Å². The monoisotopic (exact) mass is 289 g/mol. The van der Waals surface area contributed by atoms with Crippen LogP contribution in [0.4, 0.5) is 0 Å². The first-order valence-corrected chi connectivity index (χ1v) is 8.84. The highest BCUT2D eigenvalue weighted by atomic mass is 16.5. The molecule has 0 radical (unpaired) electrons. The van der Waals surface area contributed by atoms with Gasteiger partial charge in [-0.3, -0.25) is 0 Å². The van der Waals surface area contributed by atoms with Gasteiger partial charge in [0.05, 0.1) is 6.61 Å². The van der Waals surface area contributed by atoms with Gasteiger partial charge in [-0.2, -0.15) is 0 Å². The fourth-order valence-electron chi connectivity index (χ4n) is 3.08. The summed E-state index contributed by atoms with van der Waals surface area (Å²) in [5.74, 6) is 1.10. The molecule has 0 bridgehead atoms. The lowest BCUT2D eigenvalue weighted by Gasteiger charge is -2.23. The molecule has 1 atom stereocenters. The first-order valence-electron chi connectivity index (χ1n) is 8.84. The number of fused-ring (bicyclic) bond motifs is 1. The lowest BCUT2D eigenvalue weighted by molar-refractivity contribution is 0.288. The number of unbranched alkanes of at least 4 members (excludes halogenated alkanes) is 3. The van der Waals surface area contributed by atoms with Crippen molar-refractivity contribution in [3.8, 4) is 5.75 Å². The second-order valence-corrected chi connectivity index (χ2v) is 6.18. The summed E-state index contributed by atoms with van der Waals surface area (Å²) in [5.41, 5.74) is 2.85. The Labute approximate surface area is 130 Å². The molecule has 2 nitrogen and oxygen atoms in total. The summed E-state index contributed by atoms with van der Waals surface area (Å²) in [4.78, 5) is 0. The minimum Gasteiger partial charge on any atom is -0.493 e. The summed E-state index contributed by atoms with van der Waals surface area (Å²) < 4.78 is 5.73. The standard InChI is InChI=1S/C19H31NO/c1-3-5-6-7-10-18(20-13-4-2)16-11-12-19-17(15-16)9-8-14-21-19/h11-12,15,18,20H,3-10,13-14H2,1-2H3. The Morgan fingerprint density at radius 1 is 1.14 bits per heavy atom. The molecule has 1 aromatic rings. The third kappa shape index (κ3) is 5.03. The Kier molecular flexibility index (Phi) is 7.08. The van der Waals surface area contributed by atoms with Gasteiger partial charge in [0.15, 0.2) is 0 Å². The maximum atomic E-state index is 5.73. The van der Waals surface area contributed by atoms with Crippen molar-refractivity contribution in [2.45, 2.75) is 71.3 Å². The van der Waals surface area contributed by atoms with E-state index in [0.717, 1.165) is 25.3 Å². The van der Waals surface area contributed by atoms with Gasteiger partial charge < -0.3 is 10.1 Å². The van der Waals surface area contributed by atoms with Gasteiger partial charge in [-0.1, -0.05) is 51.7 Å². The largest absolute Gasteiger partial charge is 0.493 e. The zero-order chi connectivity index (χ0) is 14.9. The molecule has 0 fully saturated rings. The van der Waals surface area contributed by atoms with Crippen molar-refractivity contribution in [2.24, 2.45) is 0 Å². The predicted octanol–water partition coefficient (Wildman–Crippen LogP) is 5.02. The zero-order valence-corrected chi connectivity index (χ0v) is 13.8. The molecule has 2 heteroatoms. The van der Waals surface area contributed by atoms with Crippen LogP contribution < -0.4 is 10.1 Å². The van der Waals surface area contributed by atoms with Crippen molar-refractivity contribution < 1.29 is 4.74 Å². The first-order chi connectivity index (χ1) is 10.3. The van der Waals surface area contributed by atoms with Crippen molar-refractivity contribution in [1.82, 2.24) is 5.32 Å². The number of hydrogen-bond acceptors (Lipinski definition) is 2. The van der Waals surface area contributed by atoms with Gasteiger partial charge in [0.25, 0.3) is 0 Å². The summed E-state index contributed by atoms with van der Waals surface area (Å²) in [5, 5.41) is 3.73. The molecule has 1 aromatic carbocycles. The molecule has 0 aromatic heterocycles. The van der Waals surface area contributed by atoms with Crippen LogP contribution in [-0.4, -0.2) is 13.2 Å². The molecular weight excluding hydrogens is 258 g/mol. The molecule has 0 amide bonds. The summed E-state index contributed by atoms with van der Waals surface area (Å²) in [6.45, 7) is 6.49. The van der Waals surface area contributed by atoms with Crippen LogP contribution >= 0.6 is 0 Å². The van der Waals surface area contributed by atoms with E-state index in [9.17, 15) is 0 Å². The smallest absolute Gasteiger partial charge is 0.122 e. The lowest BCUT2D eigenvalue weighted by Crippen LogP contribution is -2.22. The molecule has 2 rings (SSSR count). The second-order valence-electron chi connectivity index (χ2n) is 6.18. The fraction of sp³-hybridized carbons (Fsp3) is 0.684. The molecule has 1 N–H and O–H groups in total. The maximum Gasteiger partial charge on any atom is 0.122 e. The average Bonchev–Trinajstić information content (AvgIpc) is 2.54. The van der Waals surface area contributed by atoms with Crippen molar-refractivity contribution in [1.29, 1.82) is 0 Å². The van der Waals surface area contributed by atoms with Crippen LogP contribution in [0.15, 0.2) is 18.2 Å². The Hall–Kier alpha value is -1.02. The van der Waals surface area contributed by atoms with Crippen LogP contribution in [0.5, 0.6) is 5.75 Å². The van der Waals surface area contributed by atoms with Crippen LogP contribution in [0.25, 0.3) is 0 Å². The average molecular weight is 289 g/mol. The first kappa shape index (κ1) is 16.4. The predicted molar refractivity (Wildman–Crippen MR) is 90.1 cm³/mol. The molecule has 1 heterocycles. The molecule has 0 spiro atoms. The van der Waals surface area contributed by atoms with Crippen LogP contribution in [-0.2, 0) is 6.42 Å². The molecule has 21 heavy (non-hydrogen) atoms. The van der Waals surface area contributed by atoms with Gasteiger partial charge >= 0.3 is 0 Å². The highest BCUT2D eigenvalue weighted by Gasteiger charge is 2.15. The van der Waals surface area contributed by atoms with E-state index >= 15 is 0 Å². The van der Waals surface area contributed by atoms with Crippen LogP contribution in [0.2, 0.25) is 0 Å². The van der Waals surface area contributed by atoms with Crippen LogP contribution in [0, 0.1) is 0 Å². The second kappa shape index (κ2) is 9.09. The van der Waals surface area contributed by atoms with E-state index in [4.69, 9.17) is 4.74 Å². The van der Waals surface area contributed by atoms with Crippen molar-refractivity contribution in [3.05, 3.63) is 29.3 Å². The maximum absolute atomic E-state index is 5.73. The van der Waals surface area contributed by atoms with Gasteiger partial charge in [-0.05, 0) is 49.4 Å². The molecule has 1 aliphatic rings. The van der Waals surface area contributed by atoms with E-state index in [1.807, 2.05) is 0 Å². The van der Waals surface area contributed by atoms with E-state index < -0.39 is 0 Å². The van der Waals surface area contributed by atoms with Crippen molar-refractivity contribution >= 4 is 0 Å². The summed E-state index contributed by atoms with van der Waals surface area (Å²) in [7, 11) is 0. The molecule has 0 saturated heterocycles. The van der Waals surface area contributed by atoms with Gasteiger partial charge in [0, 0.05) is 6.04 Å². The normalized spacial score (nSPS) is 15.3. The number of aryl methyl sites for hydroxylation is 1. The Balaban J connectivity index is 2.00. The molecule has 1 unspecified atom stereocenters. The van der Waals surface area contributed by atoms with Crippen LogP contribution in [0.3, 0.4) is 0 Å². The van der Waals surface area contributed by atoms with Crippen LogP contribution in [0.1, 0.15) is 76.0 Å². The van der Waals surface area contributed by atoms with Gasteiger partial charge in [-0.15, -0.1) is 0 Å². The molecule has 0 saturated carbocycles. The third-order valence-corrected chi connectivity index (χ3v) is 4.32. The molecule has 1 aliphatic heterocycles. The molecular formula is C19H31NO. The zero-order valence-electron chi connectivity index (χ0n) is 13.8. The quantitative estimate of drug-likeness (QED) is 0.644. The fourth-order valence-corrected chi connectivity index (χ4v) is 3.08. The number of ether oxygens (including phenoxy) is 1. The van der Waals surface area contributed by atoms with E-state index in [-0.39, 0.29) is 0 Å². The molecule has 0 aliphatic carbocycles. The Morgan fingerprint density at radius 2 is 2.05 bits per heavy atom. The third-order valence-electron chi connectivity index (χ3n) is 4.32. The van der Waals surface area contributed by atoms with E-state index in [0.29, 0.717) is 6.04 Å². The number of nitrogens with one attached hydrogen (secondary N) is 1. The van der Waals surface area contributed by atoms with E-state index in [1.165, 1.54) is 56.1 Å². The summed E-state index contributed by atoms with van der Waals surface area (Å²) in [6.07, 6.45) is 10.1. The highest BCUT2D eigenvalue weighted by molar-refractivity contribution is 5.39.